The second kappa shape index (κ2) is 8.82. The van der Waals surface area contributed by atoms with Gasteiger partial charge in [-0.1, -0.05) is 0 Å². The van der Waals surface area contributed by atoms with Crippen LogP contribution in [0.25, 0.3) is 5.69 Å². The highest BCUT2D eigenvalue weighted by Gasteiger charge is 2.20. The number of halogens is 1. The highest BCUT2D eigenvalue weighted by Crippen LogP contribution is 2.16. The van der Waals surface area contributed by atoms with E-state index in [1.54, 1.807) is 12.1 Å². The van der Waals surface area contributed by atoms with E-state index in [9.17, 15) is 8.42 Å². The van der Waals surface area contributed by atoms with Crippen LogP contribution in [0.5, 0.6) is 0 Å². The molecular weight excluding hydrogens is 412 g/mol. The number of pyridine rings is 1. The Morgan fingerprint density at radius 3 is 1.89 bits per heavy atom. The quantitative estimate of drug-likeness (QED) is 0.282. The molecule has 28 heavy (non-hydrogen) atoms. The monoisotopic (exact) mass is 432 g/mol. The summed E-state index contributed by atoms with van der Waals surface area (Å²) in [6.45, 7) is 8.20. The lowest BCUT2D eigenvalue weighted by atomic mass is 10.1. The lowest BCUT2D eigenvalue weighted by Gasteiger charge is -2.17. The van der Waals surface area contributed by atoms with Crippen molar-refractivity contribution in [2.75, 3.05) is 0 Å². The average molecular weight is 433 g/mol. The third-order valence-corrected chi connectivity index (χ3v) is 5.19. The predicted octanol–water partition coefficient (Wildman–Crippen LogP) is -3.60. The van der Waals surface area contributed by atoms with Gasteiger partial charge in [0, 0.05) is 37.6 Å². The first-order valence-corrected chi connectivity index (χ1v) is 10.4. The van der Waals surface area contributed by atoms with E-state index in [0.717, 1.165) is 17.1 Å². The number of benzene rings is 1. The smallest absolute Gasteiger partial charge is 0.285 e. The SMILES string of the molecule is Cc1cc(C)[n+](-c2ccc(S(=O)(=O)N=C(N)N)cc2)c(C)c1C.[O-][Cl+3]([O-])([O-])[O-]. The maximum atomic E-state index is 12.0. The minimum Gasteiger partial charge on any atom is -0.369 e. The molecule has 12 heteroatoms. The summed E-state index contributed by atoms with van der Waals surface area (Å²) < 4.78 is 63.3. The van der Waals surface area contributed by atoms with Crippen LogP contribution in [0.4, 0.5) is 0 Å². The predicted molar refractivity (Wildman–Crippen MR) is 89.9 cm³/mol. The van der Waals surface area contributed by atoms with Crippen molar-refractivity contribution in [1.29, 1.82) is 0 Å². The number of aromatic nitrogens is 1. The van der Waals surface area contributed by atoms with Crippen molar-refractivity contribution in [3.63, 3.8) is 0 Å². The van der Waals surface area contributed by atoms with E-state index < -0.39 is 26.2 Å². The lowest BCUT2D eigenvalue weighted by Crippen LogP contribution is -2.68. The molecule has 0 unspecified atom stereocenters. The van der Waals surface area contributed by atoms with E-state index in [-0.39, 0.29) is 4.90 Å². The maximum Gasteiger partial charge on any atom is 0.285 e. The molecule has 0 saturated heterocycles. The molecule has 10 nitrogen and oxygen atoms in total. The van der Waals surface area contributed by atoms with E-state index in [1.807, 2.05) is 13.8 Å². The Labute approximate surface area is 165 Å². The van der Waals surface area contributed by atoms with Crippen LogP contribution in [0.1, 0.15) is 22.5 Å². The summed E-state index contributed by atoms with van der Waals surface area (Å²) in [4.78, 5) is 0.0504. The number of guanidine groups is 1. The number of rotatable bonds is 3. The molecule has 0 spiro atoms. The molecule has 2 rings (SSSR count). The molecule has 0 amide bonds. The summed E-state index contributed by atoms with van der Waals surface area (Å²) in [5.41, 5.74) is 15.8. The fraction of sp³-hybridized carbons (Fsp3) is 0.250. The van der Waals surface area contributed by atoms with Crippen LogP contribution in [0.3, 0.4) is 0 Å². The minimum atomic E-state index is -4.94. The number of sulfonamides is 1. The third kappa shape index (κ3) is 6.71. The first kappa shape index (κ1) is 23.8. The van der Waals surface area contributed by atoms with Crippen LogP contribution in [-0.2, 0) is 10.0 Å². The van der Waals surface area contributed by atoms with Gasteiger partial charge in [0.1, 0.15) is 0 Å². The number of hydrogen-bond donors (Lipinski definition) is 2. The van der Waals surface area contributed by atoms with Crippen molar-refractivity contribution in [1.82, 2.24) is 0 Å². The molecule has 0 saturated carbocycles. The largest absolute Gasteiger partial charge is 0.369 e. The minimum absolute atomic E-state index is 0.0504. The maximum absolute atomic E-state index is 12.0. The van der Waals surface area contributed by atoms with Gasteiger partial charge in [0.05, 0.1) is 4.90 Å². The summed E-state index contributed by atoms with van der Waals surface area (Å²) in [6.07, 6.45) is 0. The fourth-order valence-corrected chi connectivity index (χ4v) is 3.42. The van der Waals surface area contributed by atoms with E-state index in [1.165, 1.54) is 23.3 Å². The van der Waals surface area contributed by atoms with Crippen LogP contribution in [0.2, 0.25) is 0 Å². The van der Waals surface area contributed by atoms with Gasteiger partial charge in [-0.3, -0.25) is 0 Å². The summed E-state index contributed by atoms with van der Waals surface area (Å²) in [5, 5.41) is 0. The number of aryl methyl sites for hydroxylation is 2. The second-order valence-electron chi connectivity index (χ2n) is 5.88. The Hall–Kier alpha value is -2.28. The van der Waals surface area contributed by atoms with Crippen molar-refractivity contribution in [2.45, 2.75) is 32.6 Å². The van der Waals surface area contributed by atoms with Crippen LogP contribution >= 0.6 is 0 Å². The molecule has 1 heterocycles. The second-order valence-corrected chi connectivity index (χ2v) is 8.24. The van der Waals surface area contributed by atoms with Gasteiger partial charge in [-0.05, 0) is 31.5 Å². The molecule has 0 bridgehead atoms. The van der Waals surface area contributed by atoms with E-state index >= 15 is 0 Å². The van der Waals surface area contributed by atoms with E-state index in [2.05, 4.69) is 28.9 Å². The number of hydrogen-bond acceptors (Lipinski definition) is 6. The Morgan fingerprint density at radius 2 is 1.46 bits per heavy atom. The third-order valence-electron chi connectivity index (χ3n) is 3.87. The molecule has 0 aliphatic rings. The van der Waals surface area contributed by atoms with Crippen LogP contribution < -0.4 is 34.7 Å². The van der Waals surface area contributed by atoms with Gasteiger partial charge in [-0.15, -0.1) is 14.6 Å². The summed E-state index contributed by atoms with van der Waals surface area (Å²) >= 11 is 0. The highest BCUT2D eigenvalue weighted by molar-refractivity contribution is 7.90. The van der Waals surface area contributed by atoms with Gasteiger partial charge in [-0.2, -0.15) is 13.0 Å². The fourth-order valence-electron chi connectivity index (χ4n) is 2.56. The average Bonchev–Trinajstić information content (AvgIpc) is 2.50. The highest BCUT2D eigenvalue weighted by atomic mass is 35.7. The van der Waals surface area contributed by atoms with E-state index in [0.29, 0.717) is 0 Å². The Bertz CT molecular complexity index is 976. The van der Waals surface area contributed by atoms with Gasteiger partial charge >= 0.3 is 0 Å². The molecule has 0 radical (unpaired) electrons. The first-order chi connectivity index (χ1) is 12.6. The van der Waals surface area contributed by atoms with Gasteiger partial charge in [-0.25, -0.2) is 18.6 Å². The van der Waals surface area contributed by atoms with Gasteiger partial charge in [0.2, 0.25) is 11.6 Å². The molecule has 4 N–H and O–H groups in total. The molecule has 154 valence electrons. The van der Waals surface area contributed by atoms with Gasteiger partial charge in [0.15, 0.2) is 11.4 Å². The number of nitrogens with two attached hydrogens (primary N) is 2. The van der Waals surface area contributed by atoms with Crippen LogP contribution in [0, 0.1) is 37.9 Å². The van der Waals surface area contributed by atoms with Crippen LogP contribution in [-0.4, -0.2) is 14.4 Å². The first-order valence-electron chi connectivity index (χ1n) is 7.71. The van der Waals surface area contributed by atoms with E-state index in [4.69, 9.17) is 30.1 Å². The standard InChI is InChI=1S/C16H21N4O2S.ClHO4/c1-10-9-11(2)20(13(4)12(10)3)14-5-7-15(8-6-14)23(21,22)19-16(17)18;2-1(3,4)5/h5-9H,1-4H3,(H4,17,18,19);(H,2,3,4,5)/q+1;/p-1. The molecule has 0 atom stereocenters. The summed E-state index contributed by atoms with van der Waals surface area (Å²) in [7, 11) is -8.81. The van der Waals surface area contributed by atoms with Crippen molar-refractivity contribution < 1.29 is 41.9 Å². The van der Waals surface area contributed by atoms with Crippen molar-refractivity contribution in [3.8, 4) is 5.69 Å². The molecule has 1 aromatic carbocycles. The summed E-state index contributed by atoms with van der Waals surface area (Å²) in [6, 6.07) is 8.58. The molecule has 0 aliphatic carbocycles. The zero-order valence-electron chi connectivity index (χ0n) is 15.7. The van der Waals surface area contributed by atoms with Crippen molar-refractivity contribution in [3.05, 3.63) is 52.8 Å². The molecule has 0 aliphatic heterocycles. The molecule has 0 fully saturated rings. The Balaban J connectivity index is 0.000000696. The molecule has 2 aromatic rings. The van der Waals surface area contributed by atoms with Crippen molar-refractivity contribution >= 4 is 16.0 Å². The van der Waals surface area contributed by atoms with Crippen molar-refractivity contribution in [2.24, 2.45) is 15.9 Å². The Kier molecular flexibility index (Phi) is 7.48. The number of nitrogens with zero attached hydrogens (tertiary/aromatic N) is 2. The van der Waals surface area contributed by atoms with Gasteiger partial charge in [0.25, 0.3) is 10.0 Å². The normalized spacial score (nSPS) is 11.4. The zero-order chi connectivity index (χ0) is 21.9. The molecule has 1 aromatic heterocycles. The Morgan fingerprint density at radius 1 is 1.00 bits per heavy atom. The topological polar surface area (TPSA) is 195 Å². The molecular formula is C16H21ClN4O6S. The lowest BCUT2D eigenvalue weighted by molar-refractivity contribution is -2.00. The van der Waals surface area contributed by atoms with Crippen LogP contribution in [0.15, 0.2) is 39.6 Å². The summed E-state index contributed by atoms with van der Waals surface area (Å²) in [5.74, 6) is -0.482. The zero-order valence-corrected chi connectivity index (χ0v) is 17.2. The van der Waals surface area contributed by atoms with Gasteiger partial charge < -0.3 is 11.5 Å².